The molecular formula is C19H20N2O3. The summed E-state index contributed by atoms with van der Waals surface area (Å²) in [7, 11) is 0. The van der Waals surface area contributed by atoms with E-state index in [1.807, 2.05) is 12.1 Å². The molecule has 24 heavy (non-hydrogen) atoms. The van der Waals surface area contributed by atoms with Gasteiger partial charge in [0, 0.05) is 6.08 Å². The first-order chi connectivity index (χ1) is 11.7. The van der Waals surface area contributed by atoms with Crippen LogP contribution in [0.15, 0.2) is 53.2 Å². The summed E-state index contributed by atoms with van der Waals surface area (Å²) in [6.45, 7) is -0.0417. The molecule has 5 heteroatoms. The predicted octanol–water partition coefficient (Wildman–Crippen LogP) is 2.60. The zero-order valence-electron chi connectivity index (χ0n) is 13.3. The second-order valence-corrected chi connectivity index (χ2v) is 5.78. The van der Waals surface area contributed by atoms with Crippen molar-refractivity contribution in [2.45, 2.75) is 25.3 Å². The van der Waals surface area contributed by atoms with E-state index in [0.717, 1.165) is 19.3 Å². The van der Waals surface area contributed by atoms with E-state index in [4.69, 9.17) is 4.42 Å². The van der Waals surface area contributed by atoms with E-state index < -0.39 is 0 Å². The molecule has 124 valence electrons. The normalized spacial score (nSPS) is 16.6. The van der Waals surface area contributed by atoms with Gasteiger partial charge in [0.2, 0.25) is 11.8 Å². The number of furan rings is 1. The lowest BCUT2D eigenvalue weighted by atomic mass is 9.88. The molecular weight excluding hydrogens is 304 g/mol. The average molecular weight is 324 g/mol. The maximum absolute atomic E-state index is 12.1. The number of carbonyl (C=O) groups is 2. The van der Waals surface area contributed by atoms with Gasteiger partial charge in [0.25, 0.3) is 0 Å². The fourth-order valence-electron chi connectivity index (χ4n) is 2.92. The number of amides is 2. The van der Waals surface area contributed by atoms with Gasteiger partial charge in [-0.2, -0.15) is 0 Å². The van der Waals surface area contributed by atoms with E-state index in [1.54, 1.807) is 18.2 Å². The summed E-state index contributed by atoms with van der Waals surface area (Å²) in [5.74, 6) is 0.0791. The van der Waals surface area contributed by atoms with Crippen LogP contribution < -0.4 is 10.6 Å². The van der Waals surface area contributed by atoms with Gasteiger partial charge in [-0.3, -0.25) is 9.59 Å². The molecule has 0 bridgehead atoms. The second kappa shape index (κ2) is 7.64. The highest BCUT2D eigenvalue weighted by Gasteiger charge is 2.21. The molecule has 1 aromatic heterocycles. The third kappa shape index (κ3) is 4.13. The molecule has 3 rings (SSSR count). The molecule has 5 nitrogen and oxygen atoms in total. The highest BCUT2D eigenvalue weighted by atomic mass is 16.3. The minimum atomic E-state index is -0.328. The molecule has 1 aromatic carbocycles. The lowest BCUT2D eigenvalue weighted by Gasteiger charge is -2.26. The summed E-state index contributed by atoms with van der Waals surface area (Å²) < 4.78 is 5.10. The minimum absolute atomic E-state index is 0.0259. The molecule has 0 fully saturated rings. The molecule has 1 unspecified atom stereocenters. The lowest BCUT2D eigenvalue weighted by Crippen LogP contribution is -2.39. The van der Waals surface area contributed by atoms with Crippen LogP contribution in [0.3, 0.4) is 0 Å². The van der Waals surface area contributed by atoms with Gasteiger partial charge in [0.15, 0.2) is 0 Å². The summed E-state index contributed by atoms with van der Waals surface area (Å²) >= 11 is 0. The van der Waals surface area contributed by atoms with Gasteiger partial charge in [-0.1, -0.05) is 24.3 Å². The average Bonchev–Trinajstić information content (AvgIpc) is 3.12. The number of nitrogens with one attached hydrogen (secondary N) is 2. The molecule has 2 N–H and O–H groups in total. The van der Waals surface area contributed by atoms with E-state index in [-0.39, 0.29) is 24.4 Å². The van der Waals surface area contributed by atoms with Gasteiger partial charge in [-0.05, 0) is 48.6 Å². The largest absolute Gasteiger partial charge is 0.465 e. The number of benzene rings is 1. The fraction of sp³-hybridized carbons (Fsp3) is 0.263. The number of rotatable bonds is 5. The van der Waals surface area contributed by atoms with Crippen LogP contribution in [-0.2, 0) is 16.0 Å². The number of carbonyl (C=O) groups excluding carboxylic acids is 2. The van der Waals surface area contributed by atoms with Crippen molar-refractivity contribution in [1.82, 2.24) is 10.6 Å². The van der Waals surface area contributed by atoms with Crippen molar-refractivity contribution >= 4 is 17.9 Å². The second-order valence-electron chi connectivity index (χ2n) is 5.78. The number of hydrogen-bond acceptors (Lipinski definition) is 3. The number of fused-ring (bicyclic) bond motifs is 1. The molecule has 0 saturated carbocycles. The van der Waals surface area contributed by atoms with Crippen LogP contribution in [0.2, 0.25) is 0 Å². The highest BCUT2D eigenvalue weighted by molar-refractivity contribution is 5.94. The maximum atomic E-state index is 12.1. The molecule has 0 radical (unpaired) electrons. The van der Waals surface area contributed by atoms with Crippen molar-refractivity contribution in [1.29, 1.82) is 0 Å². The van der Waals surface area contributed by atoms with Gasteiger partial charge in [0.05, 0.1) is 18.8 Å². The first-order valence-corrected chi connectivity index (χ1v) is 8.09. The third-order valence-corrected chi connectivity index (χ3v) is 4.07. The first kappa shape index (κ1) is 16.1. The van der Waals surface area contributed by atoms with Crippen molar-refractivity contribution in [2.75, 3.05) is 6.54 Å². The van der Waals surface area contributed by atoms with E-state index in [9.17, 15) is 9.59 Å². The zero-order chi connectivity index (χ0) is 16.8. The Morgan fingerprint density at radius 2 is 2.08 bits per heavy atom. The summed E-state index contributed by atoms with van der Waals surface area (Å²) in [6, 6.07) is 11.7. The van der Waals surface area contributed by atoms with Crippen LogP contribution in [0.5, 0.6) is 0 Å². The smallest absolute Gasteiger partial charge is 0.244 e. The van der Waals surface area contributed by atoms with Gasteiger partial charge in [-0.15, -0.1) is 0 Å². The molecule has 0 spiro atoms. The Balaban J connectivity index is 1.49. The monoisotopic (exact) mass is 324 g/mol. The van der Waals surface area contributed by atoms with Crippen LogP contribution in [0.1, 0.15) is 35.8 Å². The van der Waals surface area contributed by atoms with Crippen molar-refractivity contribution in [3.63, 3.8) is 0 Å². The molecule has 1 atom stereocenters. The molecule has 1 aliphatic carbocycles. The summed E-state index contributed by atoms with van der Waals surface area (Å²) in [6.07, 6.45) is 7.48. The van der Waals surface area contributed by atoms with E-state index >= 15 is 0 Å². The quantitative estimate of drug-likeness (QED) is 0.831. The van der Waals surface area contributed by atoms with Crippen LogP contribution in [0.25, 0.3) is 6.08 Å². The van der Waals surface area contributed by atoms with Crippen molar-refractivity contribution in [3.05, 3.63) is 65.6 Å². The fourth-order valence-corrected chi connectivity index (χ4v) is 2.92. The Morgan fingerprint density at radius 1 is 1.21 bits per heavy atom. The number of aryl methyl sites for hydroxylation is 1. The maximum Gasteiger partial charge on any atom is 0.244 e. The molecule has 2 amide bonds. The topological polar surface area (TPSA) is 71.3 Å². The first-order valence-electron chi connectivity index (χ1n) is 8.09. The van der Waals surface area contributed by atoms with E-state index in [2.05, 4.69) is 22.8 Å². The number of hydrogen-bond donors (Lipinski definition) is 2. The minimum Gasteiger partial charge on any atom is -0.465 e. The summed E-state index contributed by atoms with van der Waals surface area (Å²) in [5, 5.41) is 5.58. The van der Waals surface area contributed by atoms with Gasteiger partial charge in [0.1, 0.15) is 5.76 Å². The van der Waals surface area contributed by atoms with Crippen LogP contribution in [0, 0.1) is 0 Å². The van der Waals surface area contributed by atoms with Crippen LogP contribution in [-0.4, -0.2) is 18.4 Å². The Labute approximate surface area is 140 Å². The molecule has 1 heterocycles. The molecule has 0 saturated heterocycles. The van der Waals surface area contributed by atoms with E-state index in [1.165, 1.54) is 23.5 Å². The molecule has 0 aliphatic heterocycles. The van der Waals surface area contributed by atoms with Gasteiger partial charge in [-0.25, -0.2) is 0 Å². The van der Waals surface area contributed by atoms with Gasteiger partial charge >= 0.3 is 0 Å². The third-order valence-electron chi connectivity index (χ3n) is 4.07. The molecule has 2 aromatic rings. The predicted molar refractivity (Wildman–Crippen MR) is 91.0 cm³/mol. The summed E-state index contributed by atoms with van der Waals surface area (Å²) in [4.78, 5) is 23.8. The highest BCUT2D eigenvalue weighted by Crippen LogP contribution is 2.29. The van der Waals surface area contributed by atoms with Gasteiger partial charge < -0.3 is 15.1 Å². The molecule has 1 aliphatic rings. The Hall–Kier alpha value is -2.82. The Bertz CT molecular complexity index is 735. The Morgan fingerprint density at radius 3 is 2.92 bits per heavy atom. The summed E-state index contributed by atoms with van der Waals surface area (Å²) in [5.41, 5.74) is 2.47. The zero-order valence-corrected chi connectivity index (χ0v) is 13.3. The van der Waals surface area contributed by atoms with Crippen molar-refractivity contribution in [2.24, 2.45) is 0 Å². The van der Waals surface area contributed by atoms with Crippen LogP contribution in [0.4, 0.5) is 0 Å². The SMILES string of the molecule is O=C(/C=C\c1ccco1)NCC(=O)NC1CCCc2ccccc21. The lowest BCUT2D eigenvalue weighted by molar-refractivity contribution is -0.124. The Kier molecular flexibility index (Phi) is 5.11. The van der Waals surface area contributed by atoms with Crippen molar-refractivity contribution < 1.29 is 14.0 Å². The van der Waals surface area contributed by atoms with E-state index in [0.29, 0.717) is 5.76 Å². The van der Waals surface area contributed by atoms with Crippen LogP contribution >= 0.6 is 0 Å². The van der Waals surface area contributed by atoms with Crippen molar-refractivity contribution in [3.8, 4) is 0 Å². The standard InChI is InChI=1S/C19H20N2O3/c22-18(11-10-15-7-4-12-24-15)20-13-19(23)21-17-9-3-6-14-5-1-2-8-16(14)17/h1-2,4-5,7-8,10-12,17H,3,6,9,13H2,(H,20,22)(H,21,23)/b11-10-.